The van der Waals surface area contributed by atoms with Gasteiger partial charge in [0.25, 0.3) is 5.91 Å². The molecular weight excluding hydrogens is 462 g/mol. The van der Waals surface area contributed by atoms with Gasteiger partial charge in [0.15, 0.2) is 6.29 Å². The van der Waals surface area contributed by atoms with Crippen LogP contribution in [-0.4, -0.2) is 66.2 Å². The molecule has 1 fully saturated rings. The first-order valence-electron chi connectivity index (χ1n) is 12.0. The molecule has 2 aromatic heterocycles. The van der Waals surface area contributed by atoms with Crippen LogP contribution in [0.15, 0.2) is 55.0 Å². The number of hydrogen-bond donors (Lipinski definition) is 1. The number of aromatic nitrogens is 3. The lowest BCUT2D eigenvalue weighted by atomic mass is 10.2. The first kappa shape index (κ1) is 25.5. The average Bonchev–Trinajstić information content (AvgIpc) is 2.91. The summed E-state index contributed by atoms with van der Waals surface area (Å²) in [6, 6.07) is 10.9. The van der Waals surface area contributed by atoms with Gasteiger partial charge in [-0.2, -0.15) is 0 Å². The molecular formula is C26H31N5O5. The standard InChI is InChI=1S/C26H31N5O5/c1-4-33-26(34-5-2)22-17-31(12-13-35-22)23-16-27-15-21(29-23)25(32)30-20-10-9-19(14-18(20)3)36-24-8-6-7-11-28-24/h6-11,14-16,22,26H,4-5,12-13,17H2,1-3H3,(H,30,32). The van der Waals surface area contributed by atoms with Crippen LogP contribution in [0.2, 0.25) is 0 Å². The van der Waals surface area contributed by atoms with Crippen LogP contribution in [0.5, 0.6) is 11.6 Å². The summed E-state index contributed by atoms with van der Waals surface area (Å²) in [5, 5.41) is 2.91. The van der Waals surface area contributed by atoms with Crippen LogP contribution in [0, 0.1) is 6.92 Å². The molecule has 3 heterocycles. The molecule has 10 nitrogen and oxygen atoms in total. The number of benzene rings is 1. The van der Waals surface area contributed by atoms with Crippen LogP contribution in [0.4, 0.5) is 11.5 Å². The largest absolute Gasteiger partial charge is 0.439 e. The lowest BCUT2D eigenvalue weighted by Gasteiger charge is -2.36. The Balaban J connectivity index is 1.42. The van der Waals surface area contributed by atoms with E-state index in [1.165, 1.54) is 6.20 Å². The van der Waals surface area contributed by atoms with Crippen LogP contribution in [0.3, 0.4) is 0 Å². The Labute approximate surface area is 210 Å². The first-order chi connectivity index (χ1) is 17.6. The van der Waals surface area contributed by atoms with Crippen molar-refractivity contribution in [1.82, 2.24) is 15.0 Å². The van der Waals surface area contributed by atoms with Gasteiger partial charge in [0, 0.05) is 37.7 Å². The fourth-order valence-corrected chi connectivity index (χ4v) is 3.81. The lowest BCUT2D eigenvalue weighted by molar-refractivity contribution is -0.204. The fourth-order valence-electron chi connectivity index (χ4n) is 3.81. The van der Waals surface area contributed by atoms with Crippen molar-refractivity contribution in [1.29, 1.82) is 0 Å². The number of anilines is 2. The summed E-state index contributed by atoms with van der Waals surface area (Å²) in [5.41, 5.74) is 1.72. The highest BCUT2D eigenvalue weighted by Gasteiger charge is 2.30. The van der Waals surface area contributed by atoms with E-state index < -0.39 is 6.29 Å². The number of nitrogens with zero attached hydrogens (tertiary/aromatic N) is 4. The summed E-state index contributed by atoms with van der Waals surface area (Å²) in [6.45, 7) is 8.41. The number of morpholine rings is 1. The minimum atomic E-state index is -0.463. The average molecular weight is 494 g/mol. The summed E-state index contributed by atoms with van der Waals surface area (Å²) in [5.74, 6) is 1.38. The van der Waals surface area contributed by atoms with Crippen molar-refractivity contribution in [3.8, 4) is 11.6 Å². The number of nitrogens with one attached hydrogen (secondary N) is 1. The first-order valence-corrected chi connectivity index (χ1v) is 12.0. The predicted molar refractivity (Wildman–Crippen MR) is 134 cm³/mol. The number of hydrogen-bond acceptors (Lipinski definition) is 9. The van der Waals surface area contributed by atoms with E-state index >= 15 is 0 Å². The van der Waals surface area contributed by atoms with Crippen LogP contribution in [-0.2, 0) is 14.2 Å². The van der Waals surface area contributed by atoms with Crippen molar-refractivity contribution in [3.05, 3.63) is 66.2 Å². The van der Waals surface area contributed by atoms with Crippen molar-refractivity contribution in [2.45, 2.75) is 33.2 Å². The van der Waals surface area contributed by atoms with Crippen molar-refractivity contribution in [3.63, 3.8) is 0 Å². The maximum Gasteiger partial charge on any atom is 0.275 e. The molecule has 1 atom stereocenters. The smallest absolute Gasteiger partial charge is 0.275 e. The zero-order valence-corrected chi connectivity index (χ0v) is 20.7. The van der Waals surface area contributed by atoms with E-state index in [1.54, 1.807) is 30.6 Å². The van der Waals surface area contributed by atoms with Gasteiger partial charge in [-0.25, -0.2) is 9.97 Å². The minimum Gasteiger partial charge on any atom is -0.439 e. The molecule has 4 rings (SSSR count). The van der Waals surface area contributed by atoms with Gasteiger partial charge in [-0.3, -0.25) is 9.78 Å². The molecule has 0 bridgehead atoms. The van der Waals surface area contributed by atoms with Gasteiger partial charge in [0.1, 0.15) is 23.4 Å². The van der Waals surface area contributed by atoms with Crippen molar-refractivity contribution < 1.29 is 23.7 Å². The number of pyridine rings is 1. The van der Waals surface area contributed by atoms with Crippen LogP contribution in [0.1, 0.15) is 29.9 Å². The van der Waals surface area contributed by atoms with Crippen molar-refractivity contribution >= 4 is 17.4 Å². The molecule has 0 aliphatic carbocycles. The van der Waals surface area contributed by atoms with Gasteiger partial charge in [0.05, 0.1) is 25.5 Å². The highest BCUT2D eigenvalue weighted by atomic mass is 16.7. The maximum atomic E-state index is 13.0. The van der Waals surface area contributed by atoms with E-state index in [0.29, 0.717) is 56.0 Å². The van der Waals surface area contributed by atoms with Gasteiger partial charge >= 0.3 is 0 Å². The molecule has 3 aromatic rings. The van der Waals surface area contributed by atoms with E-state index in [-0.39, 0.29) is 17.7 Å². The number of aryl methyl sites for hydroxylation is 1. The molecule has 0 radical (unpaired) electrons. The Kier molecular flexibility index (Phi) is 8.77. The zero-order chi connectivity index (χ0) is 25.3. The fraction of sp³-hybridized carbons (Fsp3) is 0.385. The zero-order valence-electron chi connectivity index (χ0n) is 20.7. The summed E-state index contributed by atoms with van der Waals surface area (Å²) < 4.78 is 23.0. The Hall–Kier alpha value is -3.60. The normalized spacial score (nSPS) is 15.7. The minimum absolute atomic E-state index is 0.218. The summed E-state index contributed by atoms with van der Waals surface area (Å²) in [7, 11) is 0. The third kappa shape index (κ3) is 6.54. The van der Waals surface area contributed by atoms with E-state index in [9.17, 15) is 4.79 Å². The predicted octanol–water partition coefficient (Wildman–Crippen LogP) is 3.83. The Morgan fingerprint density at radius 2 is 2.03 bits per heavy atom. The molecule has 1 aliphatic heterocycles. The highest BCUT2D eigenvalue weighted by Crippen LogP contribution is 2.25. The molecule has 1 amide bonds. The molecule has 0 spiro atoms. The Bertz CT molecular complexity index is 1140. The Morgan fingerprint density at radius 1 is 1.19 bits per heavy atom. The van der Waals surface area contributed by atoms with Gasteiger partial charge in [-0.05, 0) is 50.6 Å². The van der Waals surface area contributed by atoms with Gasteiger partial charge in [-0.15, -0.1) is 0 Å². The molecule has 10 heteroatoms. The second kappa shape index (κ2) is 12.4. The molecule has 1 unspecified atom stereocenters. The molecule has 36 heavy (non-hydrogen) atoms. The second-order valence-electron chi connectivity index (χ2n) is 8.10. The van der Waals surface area contributed by atoms with E-state index in [0.717, 1.165) is 5.56 Å². The summed E-state index contributed by atoms with van der Waals surface area (Å²) >= 11 is 0. The van der Waals surface area contributed by atoms with Crippen LogP contribution < -0.4 is 15.0 Å². The van der Waals surface area contributed by atoms with Crippen LogP contribution in [0.25, 0.3) is 0 Å². The molecule has 0 saturated carbocycles. The molecule has 1 aliphatic rings. The Morgan fingerprint density at radius 3 is 2.75 bits per heavy atom. The van der Waals surface area contributed by atoms with Crippen molar-refractivity contribution in [2.75, 3.05) is 43.1 Å². The third-order valence-corrected chi connectivity index (χ3v) is 5.54. The maximum absolute atomic E-state index is 13.0. The number of rotatable bonds is 10. The molecule has 1 saturated heterocycles. The van der Waals surface area contributed by atoms with E-state index in [4.69, 9.17) is 18.9 Å². The summed E-state index contributed by atoms with van der Waals surface area (Å²) in [6.07, 6.45) is 4.03. The van der Waals surface area contributed by atoms with E-state index in [2.05, 4.69) is 20.3 Å². The monoisotopic (exact) mass is 493 g/mol. The highest BCUT2D eigenvalue weighted by molar-refractivity contribution is 6.03. The number of amides is 1. The lowest BCUT2D eigenvalue weighted by Crippen LogP contribution is -2.49. The van der Waals surface area contributed by atoms with Gasteiger partial charge < -0.3 is 29.2 Å². The van der Waals surface area contributed by atoms with E-state index in [1.807, 2.05) is 43.9 Å². The number of ether oxygens (including phenoxy) is 4. The molecule has 1 aromatic carbocycles. The second-order valence-corrected chi connectivity index (χ2v) is 8.10. The van der Waals surface area contributed by atoms with Crippen molar-refractivity contribution in [2.24, 2.45) is 0 Å². The van der Waals surface area contributed by atoms with Crippen LogP contribution >= 0.6 is 0 Å². The topological polar surface area (TPSA) is 108 Å². The summed E-state index contributed by atoms with van der Waals surface area (Å²) in [4.78, 5) is 28.0. The molecule has 190 valence electrons. The quantitative estimate of drug-likeness (QED) is 0.422. The molecule has 1 N–H and O–H groups in total. The number of carbonyl (C=O) groups excluding carboxylic acids is 1. The SMILES string of the molecule is CCOC(OCC)C1CN(c2cncc(C(=O)Nc3ccc(Oc4ccccn4)cc3C)n2)CCO1. The third-order valence-electron chi connectivity index (χ3n) is 5.54. The van der Waals surface area contributed by atoms with Gasteiger partial charge in [-0.1, -0.05) is 6.07 Å². The van der Waals surface area contributed by atoms with Gasteiger partial charge in [0.2, 0.25) is 5.88 Å². The number of carbonyl (C=O) groups is 1.